The predicted octanol–water partition coefficient (Wildman–Crippen LogP) is 6.70. The SMILES string of the molecule is COCCCOc1cc(CC(CC[C@@H](O)CC(C(=O)NCc2cccc(Cl)c2)C(C)C)C(C)C)ccc1OC. The maximum absolute atomic E-state index is 13.0. The third kappa shape index (κ3) is 11.8. The molecule has 0 saturated carbocycles. The average Bonchev–Trinajstić information content (AvgIpc) is 2.90. The molecule has 2 aromatic carbocycles. The summed E-state index contributed by atoms with van der Waals surface area (Å²) in [6.07, 6.45) is 3.15. The second-order valence-electron chi connectivity index (χ2n) is 11.1. The maximum Gasteiger partial charge on any atom is 0.223 e. The number of hydrogen-bond donors (Lipinski definition) is 2. The van der Waals surface area contributed by atoms with E-state index in [1.807, 2.05) is 44.2 Å². The summed E-state index contributed by atoms with van der Waals surface area (Å²) >= 11 is 6.07. The fourth-order valence-electron chi connectivity index (χ4n) is 4.79. The highest BCUT2D eigenvalue weighted by molar-refractivity contribution is 6.30. The average molecular weight is 562 g/mol. The first-order valence-electron chi connectivity index (χ1n) is 14.1. The van der Waals surface area contributed by atoms with Gasteiger partial charge in [-0.3, -0.25) is 4.79 Å². The van der Waals surface area contributed by atoms with Gasteiger partial charge in [-0.25, -0.2) is 0 Å². The molecule has 6 nitrogen and oxygen atoms in total. The highest BCUT2D eigenvalue weighted by Gasteiger charge is 2.26. The van der Waals surface area contributed by atoms with Crippen molar-refractivity contribution in [2.75, 3.05) is 27.4 Å². The van der Waals surface area contributed by atoms with Crippen molar-refractivity contribution in [2.45, 2.75) is 72.4 Å². The van der Waals surface area contributed by atoms with E-state index < -0.39 is 6.10 Å². The Morgan fingerprint density at radius 2 is 1.72 bits per heavy atom. The number of ether oxygens (including phenoxy) is 3. The number of halogens is 1. The van der Waals surface area contributed by atoms with Crippen molar-refractivity contribution >= 4 is 17.5 Å². The van der Waals surface area contributed by atoms with Crippen LogP contribution in [0.25, 0.3) is 0 Å². The Hall–Kier alpha value is -2.28. The summed E-state index contributed by atoms with van der Waals surface area (Å²) in [5, 5.41) is 14.6. The lowest BCUT2D eigenvalue weighted by Crippen LogP contribution is -2.35. The van der Waals surface area contributed by atoms with Crippen molar-refractivity contribution in [3.05, 3.63) is 58.6 Å². The fraction of sp³-hybridized carbons (Fsp3) is 0.594. The molecule has 0 aliphatic rings. The predicted molar refractivity (Wildman–Crippen MR) is 158 cm³/mol. The third-order valence-electron chi connectivity index (χ3n) is 7.31. The van der Waals surface area contributed by atoms with Crippen LogP contribution in [-0.4, -0.2) is 44.6 Å². The molecule has 0 bridgehead atoms. The molecule has 218 valence electrons. The number of methoxy groups -OCH3 is 2. The molecule has 0 fully saturated rings. The van der Waals surface area contributed by atoms with Crippen molar-refractivity contribution < 1.29 is 24.1 Å². The van der Waals surface area contributed by atoms with Gasteiger partial charge >= 0.3 is 0 Å². The number of carbonyl (C=O) groups excluding carboxylic acids is 1. The summed E-state index contributed by atoms with van der Waals surface area (Å²) < 4.78 is 16.6. The zero-order valence-electron chi connectivity index (χ0n) is 24.5. The number of amides is 1. The fourth-order valence-corrected chi connectivity index (χ4v) is 5.00. The summed E-state index contributed by atoms with van der Waals surface area (Å²) in [5.41, 5.74) is 2.15. The number of nitrogens with one attached hydrogen (secondary N) is 1. The van der Waals surface area contributed by atoms with E-state index in [0.717, 1.165) is 36.3 Å². The van der Waals surface area contributed by atoms with Gasteiger partial charge in [0.05, 0.1) is 19.8 Å². The van der Waals surface area contributed by atoms with Gasteiger partial charge in [-0.15, -0.1) is 0 Å². The highest BCUT2D eigenvalue weighted by atomic mass is 35.5. The van der Waals surface area contributed by atoms with Crippen LogP contribution in [0.4, 0.5) is 0 Å². The van der Waals surface area contributed by atoms with Crippen LogP contribution in [0.1, 0.15) is 64.5 Å². The van der Waals surface area contributed by atoms with Gasteiger partial charge in [-0.1, -0.05) is 57.5 Å². The highest BCUT2D eigenvalue weighted by Crippen LogP contribution is 2.32. The summed E-state index contributed by atoms with van der Waals surface area (Å²) in [6.45, 7) is 10.2. The molecule has 0 radical (unpaired) electrons. The van der Waals surface area contributed by atoms with Crippen molar-refractivity contribution in [2.24, 2.45) is 23.7 Å². The van der Waals surface area contributed by atoms with Crippen LogP contribution < -0.4 is 14.8 Å². The van der Waals surface area contributed by atoms with Crippen LogP contribution in [0, 0.1) is 23.7 Å². The zero-order valence-corrected chi connectivity index (χ0v) is 25.3. The zero-order chi connectivity index (χ0) is 28.8. The summed E-state index contributed by atoms with van der Waals surface area (Å²) in [6, 6.07) is 13.6. The van der Waals surface area contributed by atoms with E-state index in [1.54, 1.807) is 14.2 Å². The summed E-state index contributed by atoms with van der Waals surface area (Å²) in [5.74, 6) is 2.16. The minimum atomic E-state index is -0.536. The minimum Gasteiger partial charge on any atom is -0.493 e. The molecular formula is C32H48ClNO5. The third-order valence-corrected chi connectivity index (χ3v) is 7.55. The van der Waals surface area contributed by atoms with E-state index in [2.05, 4.69) is 31.3 Å². The van der Waals surface area contributed by atoms with Crippen LogP contribution in [0.15, 0.2) is 42.5 Å². The number of hydrogen-bond acceptors (Lipinski definition) is 5. The smallest absolute Gasteiger partial charge is 0.223 e. The Kier molecular flexibility index (Phi) is 14.7. The number of carbonyl (C=O) groups is 1. The topological polar surface area (TPSA) is 77.0 Å². The van der Waals surface area contributed by atoms with E-state index in [0.29, 0.717) is 49.5 Å². The second kappa shape index (κ2) is 17.4. The van der Waals surface area contributed by atoms with E-state index in [-0.39, 0.29) is 17.7 Å². The van der Waals surface area contributed by atoms with E-state index in [1.165, 1.54) is 5.56 Å². The molecule has 2 unspecified atom stereocenters. The molecule has 3 atom stereocenters. The molecule has 0 aliphatic carbocycles. The van der Waals surface area contributed by atoms with E-state index >= 15 is 0 Å². The van der Waals surface area contributed by atoms with Gasteiger partial charge in [0.2, 0.25) is 5.91 Å². The summed E-state index contributed by atoms with van der Waals surface area (Å²) in [4.78, 5) is 13.0. The lowest BCUT2D eigenvalue weighted by atomic mass is 9.82. The molecule has 2 rings (SSSR count). The van der Waals surface area contributed by atoms with Crippen molar-refractivity contribution in [3.8, 4) is 11.5 Å². The number of aliphatic hydroxyl groups excluding tert-OH is 1. The molecule has 0 heterocycles. The largest absolute Gasteiger partial charge is 0.493 e. The molecule has 0 saturated heterocycles. The minimum absolute atomic E-state index is 0.0271. The first-order chi connectivity index (χ1) is 18.6. The Bertz CT molecular complexity index is 996. The second-order valence-corrected chi connectivity index (χ2v) is 11.5. The Morgan fingerprint density at radius 3 is 2.36 bits per heavy atom. The van der Waals surface area contributed by atoms with Gasteiger partial charge < -0.3 is 24.6 Å². The van der Waals surface area contributed by atoms with Crippen LogP contribution in [0.2, 0.25) is 5.02 Å². The first-order valence-corrected chi connectivity index (χ1v) is 14.5. The maximum atomic E-state index is 13.0. The first kappa shape index (κ1) is 32.9. The van der Waals surface area contributed by atoms with E-state index in [9.17, 15) is 9.90 Å². The Morgan fingerprint density at radius 1 is 0.949 bits per heavy atom. The molecule has 0 aromatic heterocycles. The molecule has 2 aromatic rings. The normalized spacial score (nSPS) is 13.8. The number of benzene rings is 2. The van der Waals surface area contributed by atoms with Crippen molar-refractivity contribution in [1.82, 2.24) is 5.32 Å². The molecular weight excluding hydrogens is 514 g/mol. The number of rotatable bonds is 18. The van der Waals surface area contributed by atoms with Crippen molar-refractivity contribution in [1.29, 1.82) is 0 Å². The molecule has 39 heavy (non-hydrogen) atoms. The monoisotopic (exact) mass is 561 g/mol. The van der Waals surface area contributed by atoms with Gasteiger partial charge in [-0.2, -0.15) is 0 Å². The number of aliphatic hydroxyl groups is 1. The lowest BCUT2D eigenvalue weighted by molar-refractivity contribution is -0.127. The van der Waals surface area contributed by atoms with Crippen LogP contribution in [0.5, 0.6) is 11.5 Å². The van der Waals surface area contributed by atoms with Crippen molar-refractivity contribution in [3.63, 3.8) is 0 Å². The van der Waals surface area contributed by atoms with Gasteiger partial charge in [-0.05, 0) is 78.8 Å². The van der Waals surface area contributed by atoms with Crippen LogP contribution in [-0.2, 0) is 22.5 Å². The van der Waals surface area contributed by atoms with Gasteiger partial charge in [0, 0.05) is 37.6 Å². The molecule has 0 spiro atoms. The standard InChI is InChI=1S/C32H48ClNO5/c1-22(2)26(17-24-11-14-30(38-6)31(19-24)39-16-8-15-37-5)12-13-28(35)20-29(23(3)4)32(36)34-21-25-9-7-10-27(33)18-25/h7,9-11,14,18-19,22-23,26,28-29,35H,8,12-13,15-17,20-21H2,1-6H3,(H,34,36)/t26?,28-,29?/m1/s1. The van der Waals surface area contributed by atoms with Gasteiger partial charge in [0.15, 0.2) is 11.5 Å². The Balaban J connectivity index is 1.94. The lowest BCUT2D eigenvalue weighted by Gasteiger charge is -2.26. The van der Waals surface area contributed by atoms with Crippen LogP contribution >= 0.6 is 11.6 Å². The summed E-state index contributed by atoms with van der Waals surface area (Å²) in [7, 11) is 3.34. The van der Waals surface area contributed by atoms with Crippen LogP contribution in [0.3, 0.4) is 0 Å². The van der Waals surface area contributed by atoms with Gasteiger partial charge in [0.1, 0.15) is 0 Å². The molecule has 7 heteroatoms. The Labute approximate surface area is 240 Å². The van der Waals surface area contributed by atoms with Gasteiger partial charge in [0.25, 0.3) is 0 Å². The molecule has 0 aliphatic heterocycles. The quantitative estimate of drug-likeness (QED) is 0.198. The van der Waals surface area contributed by atoms with E-state index in [4.69, 9.17) is 25.8 Å². The molecule has 2 N–H and O–H groups in total. The molecule has 1 amide bonds.